The Morgan fingerprint density at radius 1 is 1.25 bits per heavy atom. The predicted octanol–water partition coefficient (Wildman–Crippen LogP) is 3.50. The van der Waals surface area contributed by atoms with E-state index in [1.807, 2.05) is 0 Å². The lowest BCUT2D eigenvalue weighted by Gasteiger charge is -2.16. The van der Waals surface area contributed by atoms with Gasteiger partial charge in [-0.15, -0.1) is 0 Å². The maximum atomic E-state index is 12.9. The van der Waals surface area contributed by atoms with Crippen LogP contribution in [0.15, 0.2) is 24.3 Å². The summed E-state index contributed by atoms with van der Waals surface area (Å²) in [6, 6.07) is 4.09. The van der Waals surface area contributed by atoms with E-state index in [0.717, 1.165) is 18.2 Å². The molecule has 6 nitrogen and oxygen atoms in total. The lowest BCUT2D eigenvalue weighted by atomic mass is 9.99. The van der Waals surface area contributed by atoms with Gasteiger partial charge in [0.25, 0.3) is 5.91 Å². The fourth-order valence-electron chi connectivity index (χ4n) is 2.08. The minimum atomic E-state index is -4.54. The average molecular weight is 341 g/mol. The number of carbonyl (C=O) groups excluding carboxylic acids is 1. The third-order valence-electron chi connectivity index (χ3n) is 3.29. The van der Waals surface area contributed by atoms with Crippen LogP contribution in [0.3, 0.4) is 0 Å². The highest BCUT2D eigenvalue weighted by molar-refractivity contribution is 6.04. The van der Waals surface area contributed by atoms with Gasteiger partial charge in [0, 0.05) is 11.8 Å². The van der Waals surface area contributed by atoms with Crippen LogP contribution in [0.5, 0.6) is 0 Å². The molecule has 1 amide bonds. The van der Waals surface area contributed by atoms with Gasteiger partial charge in [-0.2, -0.15) is 18.3 Å². The van der Waals surface area contributed by atoms with E-state index in [2.05, 4.69) is 15.5 Å². The molecule has 0 aliphatic heterocycles. The van der Waals surface area contributed by atoms with Crippen LogP contribution in [-0.4, -0.2) is 27.2 Å². The Labute approximate surface area is 134 Å². The topological polar surface area (TPSA) is 95.1 Å². The zero-order valence-corrected chi connectivity index (χ0v) is 12.7. The molecule has 1 aromatic carbocycles. The SMILES string of the molecule is CC(C)c1ccc(C(F)(F)F)cc1NC(=O)c1cc(C(=O)O)[nH]n1. The molecule has 0 spiro atoms. The molecule has 0 aliphatic carbocycles. The summed E-state index contributed by atoms with van der Waals surface area (Å²) in [5.41, 5.74) is -0.904. The number of carbonyl (C=O) groups is 2. The number of hydrogen-bond donors (Lipinski definition) is 3. The van der Waals surface area contributed by atoms with E-state index >= 15 is 0 Å². The van der Waals surface area contributed by atoms with Crippen LogP contribution in [-0.2, 0) is 6.18 Å². The number of anilines is 1. The fourth-order valence-corrected chi connectivity index (χ4v) is 2.08. The summed E-state index contributed by atoms with van der Waals surface area (Å²) in [4.78, 5) is 22.9. The maximum Gasteiger partial charge on any atom is 0.416 e. The van der Waals surface area contributed by atoms with Crippen LogP contribution in [0.1, 0.15) is 51.9 Å². The molecule has 0 saturated carbocycles. The van der Waals surface area contributed by atoms with Gasteiger partial charge in [-0.25, -0.2) is 4.79 Å². The van der Waals surface area contributed by atoms with Crippen LogP contribution in [0.2, 0.25) is 0 Å². The molecule has 9 heteroatoms. The quantitative estimate of drug-likeness (QED) is 0.793. The van der Waals surface area contributed by atoms with E-state index in [9.17, 15) is 22.8 Å². The first-order chi connectivity index (χ1) is 11.1. The molecule has 0 atom stereocenters. The molecular formula is C15H14F3N3O3. The Hall–Kier alpha value is -2.84. The number of H-pyrrole nitrogens is 1. The van der Waals surface area contributed by atoms with Crippen molar-refractivity contribution in [3.8, 4) is 0 Å². The van der Waals surface area contributed by atoms with E-state index in [1.54, 1.807) is 13.8 Å². The Kier molecular flexibility index (Phi) is 4.63. The number of aromatic carboxylic acids is 1. The van der Waals surface area contributed by atoms with Gasteiger partial charge in [0.2, 0.25) is 0 Å². The van der Waals surface area contributed by atoms with Crippen LogP contribution in [0.25, 0.3) is 0 Å². The second-order valence-electron chi connectivity index (χ2n) is 5.38. The van der Waals surface area contributed by atoms with Crippen molar-refractivity contribution in [2.45, 2.75) is 25.9 Å². The molecule has 0 bridgehead atoms. The largest absolute Gasteiger partial charge is 0.477 e. The van der Waals surface area contributed by atoms with Gasteiger partial charge in [0.1, 0.15) is 5.69 Å². The van der Waals surface area contributed by atoms with E-state index in [0.29, 0.717) is 5.56 Å². The Morgan fingerprint density at radius 2 is 1.92 bits per heavy atom. The van der Waals surface area contributed by atoms with Crippen molar-refractivity contribution in [1.82, 2.24) is 10.2 Å². The third kappa shape index (κ3) is 3.73. The average Bonchev–Trinajstić information content (AvgIpc) is 2.96. The van der Waals surface area contributed by atoms with Gasteiger partial charge in [0.15, 0.2) is 5.69 Å². The monoisotopic (exact) mass is 341 g/mol. The minimum absolute atomic E-state index is 0.00435. The number of benzene rings is 1. The molecular weight excluding hydrogens is 327 g/mol. The van der Waals surface area contributed by atoms with Crippen molar-refractivity contribution in [3.05, 3.63) is 46.8 Å². The van der Waals surface area contributed by atoms with E-state index in [1.165, 1.54) is 6.07 Å². The molecule has 2 rings (SSSR count). The number of carboxylic acid groups (broad SMARTS) is 1. The lowest BCUT2D eigenvalue weighted by Crippen LogP contribution is -2.15. The fraction of sp³-hybridized carbons (Fsp3) is 0.267. The van der Waals surface area contributed by atoms with Crippen LogP contribution in [0.4, 0.5) is 18.9 Å². The van der Waals surface area contributed by atoms with Crippen LogP contribution >= 0.6 is 0 Å². The maximum absolute atomic E-state index is 12.9. The molecule has 0 saturated heterocycles. The minimum Gasteiger partial charge on any atom is -0.477 e. The van der Waals surface area contributed by atoms with E-state index < -0.39 is 23.6 Å². The molecule has 0 radical (unpaired) electrons. The van der Waals surface area contributed by atoms with Gasteiger partial charge in [0.05, 0.1) is 5.56 Å². The number of nitrogens with zero attached hydrogens (tertiary/aromatic N) is 1. The normalized spacial score (nSPS) is 11.6. The first-order valence-electron chi connectivity index (χ1n) is 6.90. The zero-order chi connectivity index (χ0) is 18.1. The number of carboxylic acids is 1. The molecule has 0 aliphatic rings. The second-order valence-corrected chi connectivity index (χ2v) is 5.38. The van der Waals surface area contributed by atoms with Crippen molar-refractivity contribution >= 4 is 17.6 Å². The molecule has 0 fully saturated rings. The van der Waals surface area contributed by atoms with E-state index in [-0.39, 0.29) is 23.0 Å². The van der Waals surface area contributed by atoms with Crippen molar-refractivity contribution in [2.75, 3.05) is 5.32 Å². The summed E-state index contributed by atoms with van der Waals surface area (Å²) in [5, 5.41) is 16.8. The number of alkyl halides is 3. The highest BCUT2D eigenvalue weighted by Crippen LogP contribution is 2.34. The highest BCUT2D eigenvalue weighted by atomic mass is 19.4. The van der Waals surface area contributed by atoms with Gasteiger partial charge < -0.3 is 10.4 Å². The van der Waals surface area contributed by atoms with Crippen molar-refractivity contribution in [1.29, 1.82) is 0 Å². The number of amides is 1. The number of nitrogens with one attached hydrogen (secondary N) is 2. The summed E-state index contributed by atoms with van der Waals surface area (Å²) < 4.78 is 38.6. The number of hydrogen-bond acceptors (Lipinski definition) is 3. The van der Waals surface area contributed by atoms with Gasteiger partial charge >= 0.3 is 12.1 Å². The summed E-state index contributed by atoms with van der Waals surface area (Å²) in [5.74, 6) is -2.24. The van der Waals surface area contributed by atoms with Gasteiger partial charge in [-0.1, -0.05) is 19.9 Å². The summed E-state index contributed by atoms with van der Waals surface area (Å²) in [6.07, 6.45) is -4.54. The van der Waals surface area contributed by atoms with Gasteiger partial charge in [-0.3, -0.25) is 9.89 Å². The number of halogens is 3. The lowest BCUT2D eigenvalue weighted by molar-refractivity contribution is -0.137. The number of rotatable bonds is 4. The summed E-state index contributed by atoms with van der Waals surface area (Å²) in [7, 11) is 0. The van der Waals surface area contributed by atoms with Crippen molar-refractivity contribution < 1.29 is 27.9 Å². The highest BCUT2D eigenvalue weighted by Gasteiger charge is 2.31. The standard InChI is InChI=1S/C15H14F3N3O3/c1-7(2)9-4-3-8(15(16,17)18)5-10(9)19-13(22)11-6-12(14(23)24)21-20-11/h3-7H,1-2H3,(H,19,22)(H,20,21)(H,23,24). The first-order valence-corrected chi connectivity index (χ1v) is 6.90. The summed E-state index contributed by atoms with van der Waals surface area (Å²) in [6.45, 7) is 3.55. The van der Waals surface area contributed by atoms with Crippen LogP contribution < -0.4 is 5.32 Å². The zero-order valence-electron chi connectivity index (χ0n) is 12.7. The molecule has 3 N–H and O–H groups in total. The summed E-state index contributed by atoms with van der Waals surface area (Å²) >= 11 is 0. The van der Waals surface area contributed by atoms with E-state index in [4.69, 9.17) is 5.11 Å². The smallest absolute Gasteiger partial charge is 0.416 e. The van der Waals surface area contributed by atoms with Crippen molar-refractivity contribution in [2.24, 2.45) is 0 Å². The van der Waals surface area contributed by atoms with Crippen LogP contribution in [0, 0.1) is 0 Å². The first kappa shape index (κ1) is 17.5. The molecule has 0 unspecified atom stereocenters. The molecule has 128 valence electrons. The third-order valence-corrected chi connectivity index (χ3v) is 3.29. The Bertz CT molecular complexity index is 782. The molecule has 1 heterocycles. The molecule has 1 aromatic heterocycles. The Morgan fingerprint density at radius 3 is 2.42 bits per heavy atom. The second kappa shape index (κ2) is 6.34. The van der Waals surface area contributed by atoms with Crippen molar-refractivity contribution in [3.63, 3.8) is 0 Å². The predicted molar refractivity (Wildman–Crippen MR) is 79.0 cm³/mol. The number of aromatic amines is 1. The molecule has 24 heavy (non-hydrogen) atoms. The Balaban J connectivity index is 2.35. The molecule has 2 aromatic rings. The number of aromatic nitrogens is 2. The van der Waals surface area contributed by atoms with Gasteiger partial charge in [-0.05, 0) is 23.6 Å².